The first-order valence-electron chi connectivity index (χ1n) is 6.87. The van der Waals surface area contributed by atoms with Crippen LogP contribution >= 0.6 is 0 Å². The Morgan fingerprint density at radius 3 is 2.89 bits per heavy atom. The van der Waals surface area contributed by atoms with Gasteiger partial charge in [-0.25, -0.2) is 4.98 Å². The molecule has 0 spiro atoms. The summed E-state index contributed by atoms with van der Waals surface area (Å²) in [6.45, 7) is 4.96. The van der Waals surface area contributed by atoms with E-state index < -0.39 is 0 Å². The van der Waals surface area contributed by atoms with E-state index in [9.17, 15) is 4.79 Å². The first-order valence-corrected chi connectivity index (χ1v) is 6.87. The van der Waals surface area contributed by atoms with Gasteiger partial charge in [0.25, 0.3) is 0 Å². The van der Waals surface area contributed by atoms with E-state index in [1.165, 1.54) is 5.56 Å². The summed E-state index contributed by atoms with van der Waals surface area (Å²) in [6, 6.07) is 4.13. The highest BCUT2D eigenvalue weighted by molar-refractivity contribution is 5.53. The third-order valence-electron chi connectivity index (χ3n) is 3.94. The standard InChI is InChI=1S/C15H19N3O/c1-12-3-2-6-18-10-14(16-15(12)18)9-17-7-4-13(11-19)5-8-17/h2-3,6,10-11,13H,4-5,7-9H2,1H3. The number of carbonyl (C=O) groups excluding carboxylic acids is 1. The smallest absolute Gasteiger partial charge is 0.139 e. The van der Waals surface area contributed by atoms with E-state index in [-0.39, 0.29) is 5.92 Å². The zero-order valence-corrected chi connectivity index (χ0v) is 11.2. The van der Waals surface area contributed by atoms with Crippen molar-refractivity contribution in [1.29, 1.82) is 0 Å². The van der Waals surface area contributed by atoms with Gasteiger partial charge in [0.2, 0.25) is 0 Å². The molecule has 1 fully saturated rings. The normalized spacial score (nSPS) is 17.9. The number of rotatable bonds is 3. The van der Waals surface area contributed by atoms with Crippen LogP contribution in [0.15, 0.2) is 24.5 Å². The van der Waals surface area contributed by atoms with E-state index in [1.54, 1.807) is 0 Å². The van der Waals surface area contributed by atoms with Crippen molar-refractivity contribution in [2.24, 2.45) is 5.92 Å². The molecule has 0 bridgehead atoms. The molecule has 4 heteroatoms. The van der Waals surface area contributed by atoms with E-state index in [0.29, 0.717) is 0 Å². The Balaban J connectivity index is 1.72. The Hall–Kier alpha value is -1.68. The quantitative estimate of drug-likeness (QED) is 0.790. The van der Waals surface area contributed by atoms with Gasteiger partial charge in [0.1, 0.15) is 11.9 Å². The molecule has 19 heavy (non-hydrogen) atoms. The molecule has 3 heterocycles. The highest BCUT2D eigenvalue weighted by Gasteiger charge is 2.19. The lowest BCUT2D eigenvalue weighted by atomic mass is 9.99. The fraction of sp³-hybridized carbons (Fsp3) is 0.467. The molecule has 3 rings (SSSR count). The molecule has 0 saturated carbocycles. The van der Waals surface area contributed by atoms with Crippen molar-refractivity contribution in [3.63, 3.8) is 0 Å². The number of piperidine rings is 1. The monoisotopic (exact) mass is 257 g/mol. The van der Waals surface area contributed by atoms with Gasteiger partial charge < -0.3 is 9.20 Å². The van der Waals surface area contributed by atoms with Crippen LogP contribution in [0.2, 0.25) is 0 Å². The summed E-state index contributed by atoms with van der Waals surface area (Å²) in [5, 5.41) is 0. The topological polar surface area (TPSA) is 37.6 Å². The minimum Gasteiger partial charge on any atom is -0.307 e. The van der Waals surface area contributed by atoms with Crippen LogP contribution in [0.5, 0.6) is 0 Å². The molecule has 0 aliphatic carbocycles. The van der Waals surface area contributed by atoms with Crippen LogP contribution in [0.3, 0.4) is 0 Å². The Kier molecular flexibility index (Phi) is 3.34. The number of carbonyl (C=O) groups is 1. The molecule has 100 valence electrons. The third kappa shape index (κ3) is 2.54. The lowest BCUT2D eigenvalue weighted by Gasteiger charge is -2.28. The van der Waals surface area contributed by atoms with Crippen molar-refractivity contribution in [2.75, 3.05) is 13.1 Å². The first kappa shape index (κ1) is 12.4. The van der Waals surface area contributed by atoms with Gasteiger partial charge in [-0.1, -0.05) is 6.07 Å². The van der Waals surface area contributed by atoms with Crippen LogP contribution in [-0.2, 0) is 11.3 Å². The van der Waals surface area contributed by atoms with E-state index in [2.05, 4.69) is 28.5 Å². The van der Waals surface area contributed by atoms with E-state index >= 15 is 0 Å². The molecule has 1 aliphatic heterocycles. The molecule has 1 aliphatic rings. The summed E-state index contributed by atoms with van der Waals surface area (Å²) >= 11 is 0. The molecule has 2 aromatic rings. The average Bonchev–Trinajstić information content (AvgIpc) is 2.84. The largest absolute Gasteiger partial charge is 0.307 e. The predicted molar refractivity (Wildman–Crippen MR) is 74.0 cm³/mol. The number of fused-ring (bicyclic) bond motifs is 1. The maximum atomic E-state index is 10.7. The van der Waals surface area contributed by atoms with Gasteiger partial charge >= 0.3 is 0 Å². The number of aldehydes is 1. The molecule has 0 amide bonds. The highest BCUT2D eigenvalue weighted by atomic mass is 16.1. The van der Waals surface area contributed by atoms with Crippen molar-refractivity contribution in [1.82, 2.24) is 14.3 Å². The van der Waals surface area contributed by atoms with E-state index in [0.717, 1.165) is 50.1 Å². The second-order valence-corrected chi connectivity index (χ2v) is 5.40. The Morgan fingerprint density at radius 1 is 1.42 bits per heavy atom. The second-order valence-electron chi connectivity index (χ2n) is 5.40. The van der Waals surface area contributed by atoms with Crippen LogP contribution in [0.1, 0.15) is 24.1 Å². The zero-order valence-electron chi connectivity index (χ0n) is 11.2. The van der Waals surface area contributed by atoms with Crippen molar-refractivity contribution in [2.45, 2.75) is 26.3 Å². The number of pyridine rings is 1. The zero-order chi connectivity index (χ0) is 13.2. The molecule has 0 radical (unpaired) electrons. The van der Waals surface area contributed by atoms with Crippen molar-refractivity contribution < 1.29 is 4.79 Å². The predicted octanol–water partition coefficient (Wildman–Crippen LogP) is 2.05. The summed E-state index contributed by atoms with van der Waals surface area (Å²) in [5.41, 5.74) is 3.35. The summed E-state index contributed by atoms with van der Waals surface area (Å²) in [4.78, 5) is 17.8. The van der Waals surface area contributed by atoms with Crippen LogP contribution in [-0.4, -0.2) is 33.7 Å². The van der Waals surface area contributed by atoms with Gasteiger partial charge in [0.15, 0.2) is 0 Å². The number of imidazole rings is 1. The molecule has 1 saturated heterocycles. The van der Waals surface area contributed by atoms with Crippen LogP contribution in [0, 0.1) is 12.8 Å². The van der Waals surface area contributed by atoms with Gasteiger partial charge in [0, 0.05) is 24.9 Å². The van der Waals surface area contributed by atoms with Crippen molar-refractivity contribution in [3.8, 4) is 0 Å². The Morgan fingerprint density at radius 2 is 2.21 bits per heavy atom. The second kappa shape index (κ2) is 5.13. The van der Waals surface area contributed by atoms with Crippen LogP contribution in [0.4, 0.5) is 0 Å². The molecule has 0 aromatic carbocycles. The number of aryl methyl sites for hydroxylation is 1. The fourth-order valence-corrected chi connectivity index (χ4v) is 2.76. The number of hydrogen-bond donors (Lipinski definition) is 0. The SMILES string of the molecule is Cc1cccn2cc(CN3CCC(C=O)CC3)nc12. The number of nitrogens with zero attached hydrogens (tertiary/aromatic N) is 3. The first-order chi connectivity index (χ1) is 9.26. The molecular formula is C15H19N3O. The lowest BCUT2D eigenvalue weighted by molar-refractivity contribution is -0.112. The minimum atomic E-state index is 0.263. The van der Waals surface area contributed by atoms with Gasteiger partial charge in [-0.15, -0.1) is 0 Å². The molecule has 4 nitrogen and oxygen atoms in total. The molecule has 2 aromatic heterocycles. The fourth-order valence-electron chi connectivity index (χ4n) is 2.76. The molecular weight excluding hydrogens is 238 g/mol. The summed E-state index contributed by atoms with van der Waals surface area (Å²) in [7, 11) is 0. The minimum absolute atomic E-state index is 0.263. The maximum absolute atomic E-state index is 10.7. The highest BCUT2D eigenvalue weighted by Crippen LogP contribution is 2.18. The number of hydrogen-bond acceptors (Lipinski definition) is 3. The average molecular weight is 257 g/mol. The summed E-state index contributed by atoms with van der Waals surface area (Å²) < 4.78 is 2.09. The van der Waals surface area contributed by atoms with E-state index in [4.69, 9.17) is 4.98 Å². The molecule has 0 unspecified atom stereocenters. The van der Waals surface area contributed by atoms with Crippen molar-refractivity contribution >= 4 is 11.9 Å². The van der Waals surface area contributed by atoms with Crippen LogP contribution < -0.4 is 0 Å². The Labute approximate surface area is 113 Å². The number of aromatic nitrogens is 2. The summed E-state index contributed by atoms with van der Waals surface area (Å²) in [6.07, 6.45) is 7.21. The van der Waals surface area contributed by atoms with Gasteiger partial charge in [-0.2, -0.15) is 0 Å². The summed E-state index contributed by atoms with van der Waals surface area (Å²) in [5.74, 6) is 0.263. The Bertz CT molecular complexity index is 582. The molecule has 0 atom stereocenters. The number of likely N-dealkylation sites (tertiary alicyclic amines) is 1. The van der Waals surface area contributed by atoms with Crippen molar-refractivity contribution in [3.05, 3.63) is 35.8 Å². The molecule has 0 N–H and O–H groups in total. The lowest BCUT2D eigenvalue weighted by Crippen LogP contribution is -2.33. The van der Waals surface area contributed by atoms with Crippen LogP contribution in [0.25, 0.3) is 5.65 Å². The maximum Gasteiger partial charge on any atom is 0.139 e. The third-order valence-corrected chi connectivity index (χ3v) is 3.94. The van der Waals surface area contributed by atoms with E-state index in [1.807, 2.05) is 12.3 Å². The van der Waals surface area contributed by atoms with Gasteiger partial charge in [-0.05, 0) is 44.5 Å². The van der Waals surface area contributed by atoms with Gasteiger partial charge in [0.05, 0.1) is 5.69 Å². The van der Waals surface area contributed by atoms with Gasteiger partial charge in [-0.3, -0.25) is 4.90 Å².